The van der Waals surface area contributed by atoms with E-state index in [1.54, 1.807) is 12.1 Å². The van der Waals surface area contributed by atoms with Gasteiger partial charge < -0.3 is 0 Å². The quantitative estimate of drug-likeness (QED) is 0.831. The Bertz CT molecular complexity index is 593. The third kappa shape index (κ3) is 5.30. The summed E-state index contributed by atoms with van der Waals surface area (Å²) in [5, 5.41) is 0. The van der Waals surface area contributed by atoms with Crippen molar-refractivity contribution in [2.75, 3.05) is 19.6 Å². The fraction of sp³-hybridized carbons (Fsp3) is 0.667. The minimum absolute atomic E-state index is 0.286. The first-order chi connectivity index (χ1) is 10.9. The summed E-state index contributed by atoms with van der Waals surface area (Å²) >= 11 is 0. The van der Waals surface area contributed by atoms with Crippen molar-refractivity contribution in [3.63, 3.8) is 0 Å². The molecule has 0 radical (unpaired) electrons. The molecule has 130 valence electrons. The maximum atomic E-state index is 12.6. The number of sulfonamides is 1. The second-order valence-electron chi connectivity index (χ2n) is 7.00. The van der Waals surface area contributed by atoms with E-state index in [4.69, 9.17) is 0 Å². The molecule has 1 aliphatic heterocycles. The van der Waals surface area contributed by atoms with E-state index in [1.165, 1.54) is 19.3 Å². The highest BCUT2D eigenvalue weighted by molar-refractivity contribution is 7.89. The monoisotopic (exact) mass is 338 g/mol. The zero-order valence-corrected chi connectivity index (χ0v) is 15.4. The molecule has 1 saturated heterocycles. The Balaban J connectivity index is 2.06. The lowest BCUT2D eigenvalue weighted by Gasteiger charge is -2.35. The second-order valence-corrected chi connectivity index (χ2v) is 8.73. The first-order valence-corrected chi connectivity index (χ1v) is 10.2. The Hall–Kier alpha value is -0.910. The summed E-state index contributed by atoms with van der Waals surface area (Å²) in [5.41, 5.74) is 0.790. The Morgan fingerprint density at radius 1 is 1.13 bits per heavy atom. The lowest BCUT2D eigenvalue weighted by atomic mass is 10.00. The number of hydrogen-bond donors (Lipinski definition) is 1. The molecule has 0 bridgehead atoms. The highest BCUT2D eigenvalue weighted by Gasteiger charge is 2.24. The zero-order chi connectivity index (χ0) is 16.9. The first kappa shape index (κ1) is 18.4. The third-order valence-corrected chi connectivity index (χ3v) is 6.13. The standard InChI is InChI=1S/C18H30N2O2S/c1-15(2)13-17(20-11-7-4-8-12-20)14-19-23(21,22)18-10-6-5-9-16(18)3/h5-6,9-10,15,17,19H,4,7-8,11-14H2,1-3H3. The number of nitrogens with zero attached hydrogens (tertiary/aromatic N) is 1. The Morgan fingerprint density at radius 3 is 2.39 bits per heavy atom. The molecule has 1 aromatic rings. The summed E-state index contributed by atoms with van der Waals surface area (Å²) in [7, 11) is -3.44. The van der Waals surface area contributed by atoms with Crippen LogP contribution in [0.3, 0.4) is 0 Å². The molecule has 0 spiro atoms. The van der Waals surface area contributed by atoms with E-state index in [1.807, 2.05) is 19.1 Å². The van der Waals surface area contributed by atoms with Crippen LogP contribution in [-0.4, -0.2) is 39.0 Å². The number of likely N-dealkylation sites (tertiary alicyclic amines) is 1. The van der Waals surface area contributed by atoms with Crippen molar-refractivity contribution in [2.45, 2.75) is 57.4 Å². The molecule has 4 nitrogen and oxygen atoms in total. The van der Waals surface area contributed by atoms with Gasteiger partial charge in [0.2, 0.25) is 10.0 Å². The van der Waals surface area contributed by atoms with Gasteiger partial charge in [-0.05, 0) is 56.8 Å². The van der Waals surface area contributed by atoms with Crippen molar-refractivity contribution in [3.05, 3.63) is 29.8 Å². The number of rotatable bonds is 7. The predicted molar refractivity (Wildman–Crippen MR) is 95.0 cm³/mol. The highest BCUT2D eigenvalue weighted by Crippen LogP contribution is 2.19. The van der Waals surface area contributed by atoms with Crippen LogP contribution in [0.5, 0.6) is 0 Å². The van der Waals surface area contributed by atoms with Gasteiger partial charge in [-0.25, -0.2) is 13.1 Å². The van der Waals surface area contributed by atoms with Gasteiger partial charge in [0.05, 0.1) is 4.90 Å². The predicted octanol–water partition coefficient (Wildman–Crippen LogP) is 3.17. The Kier molecular flexibility index (Phi) is 6.62. The van der Waals surface area contributed by atoms with E-state index in [2.05, 4.69) is 23.5 Å². The van der Waals surface area contributed by atoms with Crippen molar-refractivity contribution in [2.24, 2.45) is 5.92 Å². The smallest absolute Gasteiger partial charge is 0.240 e. The minimum Gasteiger partial charge on any atom is -0.299 e. The Labute approximate surface area is 141 Å². The topological polar surface area (TPSA) is 49.4 Å². The van der Waals surface area contributed by atoms with E-state index < -0.39 is 10.0 Å². The van der Waals surface area contributed by atoms with Gasteiger partial charge in [-0.15, -0.1) is 0 Å². The number of benzene rings is 1. The zero-order valence-electron chi connectivity index (χ0n) is 14.6. The molecule has 1 aliphatic rings. The molecule has 0 amide bonds. The van der Waals surface area contributed by atoms with Gasteiger partial charge >= 0.3 is 0 Å². The van der Waals surface area contributed by atoms with Crippen LogP contribution in [0.2, 0.25) is 0 Å². The van der Waals surface area contributed by atoms with E-state index in [-0.39, 0.29) is 6.04 Å². The summed E-state index contributed by atoms with van der Waals surface area (Å²) in [5.74, 6) is 0.560. The van der Waals surface area contributed by atoms with E-state index >= 15 is 0 Å². The molecule has 0 aromatic heterocycles. The fourth-order valence-corrected chi connectivity index (χ4v) is 4.65. The van der Waals surface area contributed by atoms with Gasteiger partial charge in [-0.2, -0.15) is 0 Å². The van der Waals surface area contributed by atoms with Crippen LogP contribution < -0.4 is 4.72 Å². The largest absolute Gasteiger partial charge is 0.299 e. The molecule has 1 unspecified atom stereocenters. The third-order valence-electron chi connectivity index (χ3n) is 4.54. The van der Waals surface area contributed by atoms with E-state index in [0.717, 1.165) is 25.1 Å². The normalized spacial score (nSPS) is 18.3. The fourth-order valence-electron chi connectivity index (χ4n) is 3.33. The minimum atomic E-state index is -3.44. The molecule has 0 aliphatic carbocycles. The van der Waals surface area contributed by atoms with Crippen molar-refractivity contribution in [3.8, 4) is 0 Å². The van der Waals surface area contributed by atoms with Gasteiger partial charge in [0.1, 0.15) is 0 Å². The lowest BCUT2D eigenvalue weighted by molar-refractivity contribution is 0.146. The first-order valence-electron chi connectivity index (χ1n) is 8.69. The van der Waals surface area contributed by atoms with Crippen LogP contribution in [0.4, 0.5) is 0 Å². The van der Waals surface area contributed by atoms with Crippen molar-refractivity contribution >= 4 is 10.0 Å². The summed E-state index contributed by atoms with van der Waals surface area (Å²) in [6, 6.07) is 7.44. The van der Waals surface area contributed by atoms with Crippen LogP contribution in [-0.2, 0) is 10.0 Å². The van der Waals surface area contributed by atoms with Crippen LogP contribution >= 0.6 is 0 Å². The van der Waals surface area contributed by atoms with Gasteiger partial charge in [0.25, 0.3) is 0 Å². The van der Waals surface area contributed by atoms with E-state index in [0.29, 0.717) is 17.4 Å². The number of aryl methyl sites for hydroxylation is 1. The number of hydrogen-bond acceptors (Lipinski definition) is 3. The molecular weight excluding hydrogens is 308 g/mol. The molecule has 1 fully saturated rings. The molecule has 23 heavy (non-hydrogen) atoms. The number of piperidine rings is 1. The van der Waals surface area contributed by atoms with Gasteiger partial charge in [0.15, 0.2) is 0 Å². The average molecular weight is 339 g/mol. The molecule has 5 heteroatoms. The molecule has 1 N–H and O–H groups in total. The SMILES string of the molecule is Cc1ccccc1S(=O)(=O)NCC(CC(C)C)N1CCCCC1. The summed E-state index contributed by atoms with van der Waals surface area (Å²) < 4.78 is 28.0. The van der Waals surface area contributed by atoms with Crippen LogP contribution in [0.25, 0.3) is 0 Å². The van der Waals surface area contributed by atoms with Crippen LogP contribution in [0, 0.1) is 12.8 Å². The van der Waals surface area contributed by atoms with E-state index in [9.17, 15) is 8.42 Å². The molecular formula is C18H30N2O2S. The average Bonchev–Trinajstić information content (AvgIpc) is 2.52. The van der Waals surface area contributed by atoms with Crippen molar-refractivity contribution in [1.29, 1.82) is 0 Å². The van der Waals surface area contributed by atoms with Crippen LogP contribution in [0.15, 0.2) is 29.2 Å². The lowest BCUT2D eigenvalue weighted by Crippen LogP contribution is -2.46. The van der Waals surface area contributed by atoms with Crippen molar-refractivity contribution in [1.82, 2.24) is 9.62 Å². The Morgan fingerprint density at radius 2 is 1.78 bits per heavy atom. The van der Waals surface area contributed by atoms with Crippen molar-refractivity contribution < 1.29 is 8.42 Å². The van der Waals surface area contributed by atoms with Gasteiger partial charge in [0, 0.05) is 12.6 Å². The number of nitrogens with one attached hydrogen (secondary N) is 1. The summed E-state index contributed by atoms with van der Waals surface area (Å²) in [6.07, 6.45) is 4.76. The maximum absolute atomic E-state index is 12.6. The molecule has 2 rings (SSSR count). The summed E-state index contributed by atoms with van der Waals surface area (Å²) in [6.45, 7) is 8.91. The molecule has 0 saturated carbocycles. The molecule has 1 aromatic carbocycles. The van der Waals surface area contributed by atoms with Gasteiger partial charge in [-0.1, -0.05) is 38.5 Å². The second kappa shape index (κ2) is 8.27. The maximum Gasteiger partial charge on any atom is 0.240 e. The molecule has 1 heterocycles. The summed E-state index contributed by atoms with van der Waals surface area (Å²) in [4.78, 5) is 2.85. The molecule has 1 atom stereocenters. The highest BCUT2D eigenvalue weighted by atomic mass is 32.2. The van der Waals surface area contributed by atoms with Gasteiger partial charge in [-0.3, -0.25) is 4.90 Å². The van der Waals surface area contributed by atoms with Crippen LogP contribution in [0.1, 0.15) is 45.1 Å².